The van der Waals surface area contributed by atoms with Gasteiger partial charge in [0, 0.05) is 18.5 Å². The first-order valence-corrected chi connectivity index (χ1v) is 11.0. The molecule has 1 atom stereocenters. The van der Waals surface area contributed by atoms with Crippen molar-refractivity contribution in [1.29, 1.82) is 0 Å². The number of fused-ring (bicyclic) bond motifs is 1. The van der Waals surface area contributed by atoms with E-state index in [-0.39, 0.29) is 11.5 Å². The zero-order chi connectivity index (χ0) is 20.9. The molecule has 6 nitrogen and oxygen atoms in total. The number of ether oxygens (including phenoxy) is 1. The van der Waals surface area contributed by atoms with Gasteiger partial charge in [0.1, 0.15) is 5.69 Å². The normalized spacial score (nSPS) is 19.5. The molecular weight excluding hydrogens is 376 g/mol. The van der Waals surface area contributed by atoms with Crippen molar-refractivity contribution in [3.8, 4) is 11.6 Å². The van der Waals surface area contributed by atoms with Crippen LogP contribution in [0, 0.1) is 6.92 Å². The van der Waals surface area contributed by atoms with Gasteiger partial charge in [-0.1, -0.05) is 31.9 Å². The van der Waals surface area contributed by atoms with Crippen LogP contribution in [-0.2, 0) is 10.2 Å². The van der Waals surface area contributed by atoms with Crippen LogP contribution >= 0.6 is 0 Å². The van der Waals surface area contributed by atoms with Crippen molar-refractivity contribution in [2.75, 3.05) is 18.5 Å². The summed E-state index contributed by atoms with van der Waals surface area (Å²) in [6.07, 6.45) is 4.99. The monoisotopic (exact) mass is 406 g/mol. The molecule has 3 aromatic rings. The van der Waals surface area contributed by atoms with Gasteiger partial charge in [-0.3, -0.25) is 0 Å². The molecule has 0 bridgehead atoms. The fourth-order valence-electron chi connectivity index (χ4n) is 4.25. The standard InChI is InChI=1S/C24H30N4O2/c1-14-10-20(22-27-28-23(30-22)25-13-17-6-5-9-29-17)26-21-18(14)11-16(15-7-8-15)12-19(21)24(2,3)4/h10-12,15,17H,5-9,13H2,1-4H3,(H,25,28). The van der Waals surface area contributed by atoms with E-state index in [1.165, 1.54) is 34.9 Å². The second-order valence-corrected chi connectivity index (χ2v) is 9.74. The molecule has 158 valence electrons. The molecule has 1 saturated heterocycles. The highest BCUT2D eigenvalue weighted by atomic mass is 16.5. The minimum absolute atomic E-state index is 0.00402. The Kier molecular flexibility index (Phi) is 4.77. The first-order chi connectivity index (χ1) is 14.4. The van der Waals surface area contributed by atoms with Gasteiger partial charge in [0.25, 0.3) is 5.89 Å². The lowest BCUT2D eigenvalue weighted by Crippen LogP contribution is -2.18. The van der Waals surface area contributed by atoms with Gasteiger partial charge in [-0.05, 0) is 72.8 Å². The fourth-order valence-corrected chi connectivity index (χ4v) is 4.25. The second kappa shape index (κ2) is 7.34. The topological polar surface area (TPSA) is 73.1 Å². The maximum atomic E-state index is 5.88. The number of nitrogens with one attached hydrogen (secondary N) is 1. The first kappa shape index (κ1) is 19.5. The highest BCUT2D eigenvalue weighted by molar-refractivity contribution is 5.88. The summed E-state index contributed by atoms with van der Waals surface area (Å²) in [7, 11) is 0. The van der Waals surface area contributed by atoms with E-state index in [1.807, 2.05) is 0 Å². The Hall–Kier alpha value is -2.47. The third kappa shape index (κ3) is 3.81. The molecular formula is C24H30N4O2. The predicted octanol–water partition coefficient (Wildman–Crippen LogP) is 5.36. The van der Waals surface area contributed by atoms with Gasteiger partial charge in [0.05, 0.1) is 11.6 Å². The minimum atomic E-state index is 0.00402. The Labute approximate surface area is 177 Å². The minimum Gasteiger partial charge on any atom is -0.402 e. The third-order valence-corrected chi connectivity index (χ3v) is 6.15. The quantitative estimate of drug-likeness (QED) is 0.615. The molecule has 2 fully saturated rings. The summed E-state index contributed by atoms with van der Waals surface area (Å²) < 4.78 is 11.5. The first-order valence-electron chi connectivity index (χ1n) is 11.0. The van der Waals surface area contributed by atoms with E-state index in [4.69, 9.17) is 14.1 Å². The van der Waals surface area contributed by atoms with E-state index in [0.717, 1.165) is 30.7 Å². The molecule has 1 aliphatic heterocycles. The lowest BCUT2D eigenvalue weighted by molar-refractivity contribution is 0.120. The van der Waals surface area contributed by atoms with Crippen LogP contribution in [0.25, 0.3) is 22.5 Å². The van der Waals surface area contributed by atoms with E-state index in [1.54, 1.807) is 0 Å². The van der Waals surface area contributed by atoms with E-state index in [9.17, 15) is 0 Å². The van der Waals surface area contributed by atoms with E-state index < -0.39 is 0 Å². The predicted molar refractivity (Wildman–Crippen MR) is 118 cm³/mol. The van der Waals surface area contributed by atoms with Crippen LogP contribution in [0.1, 0.15) is 69.1 Å². The van der Waals surface area contributed by atoms with Crippen molar-refractivity contribution in [3.63, 3.8) is 0 Å². The Balaban J connectivity index is 1.50. The molecule has 1 aromatic carbocycles. The Morgan fingerprint density at radius 2 is 1.93 bits per heavy atom. The molecule has 0 amide bonds. The number of nitrogens with zero attached hydrogens (tertiary/aromatic N) is 3. The molecule has 2 aliphatic rings. The Bertz CT molecular complexity index is 1070. The van der Waals surface area contributed by atoms with Crippen LogP contribution in [0.5, 0.6) is 0 Å². The SMILES string of the molecule is Cc1cc(-c2nnc(NCC3CCCO3)o2)nc2c(C(C)(C)C)cc(C3CC3)cc12. The van der Waals surface area contributed by atoms with Crippen LogP contribution in [0.4, 0.5) is 6.01 Å². The maximum absolute atomic E-state index is 5.88. The molecule has 0 radical (unpaired) electrons. The number of hydrogen-bond acceptors (Lipinski definition) is 6. The van der Waals surface area contributed by atoms with Crippen molar-refractivity contribution >= 4 is 16.9 Å². The van der Waals surface area contributed by atoms with Gasteiger partial charge in [-0.2, -0.15) is 0 Å². The molecule has 1 aliphatic carbocycles. The summed E-state index contributed by atoms with van der Waals surface area (Å²) in [5.41, 5.74) is 5.68. The van der Waals surface area contributed by atoms with Crippen molar-refractivity contribution in [2.45, 2.75) is 70.8 Å². The molecule has 6 heteroatoms. The summed E-state index contributed by atoms with van der Waals surface area (Å²) in [4.78, 5) is 5.00. The molecule has 1 saturated carbocycles. The van der Waals surface area contributed by atoms with Crippen molar-refractivity contribution in [3.05, 3.63) is 34.9 Å². The van der Waals surface area contributed by atoms with Gasteiger partial charge in [0.15, 0.2) is 0 Å². The molecule has 1 unspecified atom stereocenters. The van der Waals surface area contributed by atoms with Gasteiger partial charge >= 0.3 is 6.01 Å². The van der Waals surface area contributed by atoms with Crippen molar-refractivity contribution in [1.82, 2.24) is 15.2 Å². The summed E-state index contributed by atoms with van der Waals surface area (Å²) >= 11 is 0. The molecule has 30 heavy (non-hydrogen) atoms. The van der Waals surface area contributed by atoms with Crippen molar-refractivity contribution < 1.29 is 9.15 Å². The third-order valence-electron chi connectivity index (χ3n) is 6.15. The summed E-state index contributed by atoms with van der Waals surface area (Å²) in [5, 5.41) is 12.8. The lowest BCUT2D eigenvalue weighted by atomic mass is 9.83. The number of anilines is 1. The number of benzene rings is 1. The zero-order valence-corrected chi connectivity index (χ0v) is 18.3. The smallest absolute Gasteiger partial charge is 0.315 e. The molecule has 3 heterocycles. The van der Waals surface area contributed by atoms with E-state index in [2.05, 4.69) is 61.4 Å². The average molecular weight is 407 g/mol. The summed E-state index contributed by atoms with van der Waals surface area (Å²) in [5.74, 6) is 1.16. The van der Waals surface area contributed by atoms with Gasteiger partial charge in [-0.15, -0.1) is 5.10 Å². The van der Waals surface area contributed by atoms with Gasteiger partial charge < -0.3 is 14.5 Å². The maximum Gasteiger partial charge on any atom is 0.315 e. The second-order valence-electron chi connectivity index (χ2n) is 9.74. The van der Waals surface area contributed by atoms with Crippen molar-refractivity contribution in [2.24, 2.45) is 0 Å². The number of pyridine rings is 1. The summed E-state index contributed by atoms with van der Waals surface area (Å²) in [6, 6.07) is 7.17. The Morgan fingerprint density at radius 1 is 1.10 bits per heavy atom. The number of rotatable bonds is 5. The molecule has 1 N–H and O–H groups in total. The van der Waals surface area contributed by atoms with Crippen LogP contribution in [0.3, 0.4) is 0 Å². The number of aromatic nitrogens is 3. The van der Waals surface area contributed by atoms with Crippen LogP contribution in [0.15, 0.2) is 22.6 Å². The average Bonchev–Trinajstić information content (AvgIpc) is 3.22. The number of aryl methyl sites for hydroxylation is 1. The lowest BCUT2D eigenvalue weighted by Gasteiger charge is -2.23. The summed E-state index contributed by atoms with van der Waals surface area (Å²) in [6.45, 7) is 10.4. The Morgan fingerprint density at radius 3 is 2.63 bits per heavy atom. The fraction of sp³-hybridized carbons (Fsp3) is 0.542. The van der Waals surface area contributed by atoms with Crippen LogP contribution < -0.4 is 5.32 Å². The van der Waals surface area contributed by atoms with Crippen LogP contribution in [-0.4, -0.2) is 34.4 Å². The highest BCUT2D eigenvalue weighted by Crippen LogP contribution is 2.44. The van der Waals surface area contributed by atoms with E-state index >= 15 is 0 Å². The highest BCUT2D eigenvalue weighted by Gasteiger charge is 2.28. The van der Waals surface area contributed by atoms with E-state index in [0.29, 0.717) is 24.4 Å². The molecule has 2 aromatic heterocycles. The van der Waals surface area contributed by atoms with Crippen LogP contribution in [0.2, 0.25) is 0 Å². The zero-order valence-electron chi connectivity index (χ0n) is 18.3. The number of hydrogen-bond donors (Lipinski definition) is 1. The van der Waals surface area contributed by atoms with Gasteiger partial charge in [0.2, 0.25) is 0 Å². The molecule has 0 spiro atoms. The molecule has 5 rings (SSSR count). The largest absolute Gasteiger partial charge is 0.402 e. The van der Waals surface area contributed by atoms with Gasteiger partial charge in [-0.25, -0.2) is 4.98 Å².